The summed E-state index contributed by atoms with van der Waals surface area (Å²) in [4.78, 5) is 70.9. The van der Waals surface area contributed by atoms with Gasteiger partial charge in [0.1, 0.15) is 29.5 Å². The Kier molecular flexibility index (Phi) is 13.9. The van der Waals surface area contributed by atoms with Gasteiger partial charge in [-0.15, -0.1) is 0 Å². The number of hydrogen-bond acceptors (Lipinski definition) is 11. The van der Waals surface area contributed by atoms with Crippen molar-refractivity contribution >= 4 is 41.4 Å². The van der Waals surface area contributed by atoms with Crippen LogP contribution < -0.4 is 5.43 Å². The molecule has 0 radical (unpaired) electrons. The average molecular weight is 769 g/mol. The zero-order chi connectivity index (χ0) is 39.8. The highest BCUT2D eigenvalue weighted by molar-refractivity contribution is 7.98. The maximum atomic E-state index is 13.2. The van der Waals surface area contributed by atoms with E-state index in [1.54, 1.807) is 59.9 Å². The predicted molar refractivity (Wildman–Crippen MR) is 195 cm³/mol. The highest BCUT2D eigenvalue weighted by Gasteiger charge is 2.41. The molecule has 2 unspecified atom stereocenters. The summed E-state index contributed by atoms with van der Waals surface area (Å²) < 4.78 is 37.0. The van der Waals surface area contributed by atoms with Crippen LogP contribution in [-0.2, 0) is 41.5 Å². The second-order valence-electron chi connectivity index (χ2n) is 14.8. The van der Waals surface area contributed by atoms with E-state index in [2.05, 4.69) is 15.4 Å². The molecule has 3 amide bonds. The Morgan fingerprint density at radius 1 is 0.741 bits per heavy atom. The van der Waals surface area contributed by atoms with Gasteiger partial charge in [0, 0.05) is 6.20 Å². The molecule has 16 heteroatoms. The number of thioether (sulfide) groups is 1. The number of nitrogens with one attached hydrogen (secondary N) is 1. The summed E-state index contributed by atoms with van der Waals surface area (Å²) in [6.07, 6.45) is 2.38. The summed E-state index contributed by atoms with van der Waals surface area (Å²) in [5.41, 5.74) is 3.11. The average Bonchev–Trinajstić information content (AvgIpc) is 3.77. The van der Waals surface area contributed by atoms with Crippen LogP contribution in [0.5, 0.6) is 0 Å². The van der Waals surface area contributed by atoms with Crippen LogP contribution in [0.25, 0.3) is 0 Å². The van der Waals surface area contributed by atoms with Crippen LogP contribution in [0.1, 0.15) is 63.2 Å². The normalized spacial score (nSPS) is 17.1. The summed E-state index contributed by atoms with van der Waals surface area (Å²) in [6.45, 7) is 11.3. The van der Waals surface area contributed by atoms with E-state index in [1.165, 1.54) is 75.5 Å². The Morgan fingerprint density at radius 2 is 1.24 bits per heavy atom. The highest BCUT2D eigenvalue weighted by atomic mass is 32.2. The number of rotatable bonds is 8. The second kappa shape index (κ2) is 17.9. The molecule has 0 spiro atoms. The molecule has 0 bridgehead atoms. The maximum Gasteiger partial charge on any atom is 0.311 e. The fourth-order valence-electron chi connectivity index (χ4n) is 5.05. The van der Waals surface area contributed by atoms with Crippen LogP contribution in [0.3, 0.4) is 0 Å². The van der Waals surface area contributed by atoms with Crippen LogP contribution in [0, 0.1) is 22.5 Å². The Morgan fingerprint density at radius 3 is 1.76 bits per heavy atom. The second-order valence-corrected chi connectivity index (χ2v) is 15.6. The SMILES string of the molecule is CC(C)(C)C(=O)OC1CNN(C(=O)Cc2ccc(F)cc2)C1.CSc1nccc(C(=O)N2CC(OC(=O)C(C)(C)C)CN2C(=O)Cc2ccc(F)cc2)n1. The molecule has 2 aliphatic heterocycles. The molecule has 2 atom stereocenters. The molecule has 2 aromatic carbocycles. The van der Waals surface area contributed by atoms with Gasteiger partial charge in [0.25, 0.3) is 5.91 Å². The predicted octanol–water partition coefficient (Wildman–Crippen LogP) is 4.41. The number of carbonyl (C=O) groups is 5. The first-order valence-electron chi connectivity index (χ1n) is 17.3. The number of benzene rings is 2. The van der Waals surface area contributed by atoms with E-state index in [4.69, 9.17) is 9.47 Å². The number of carbonyl (C=O) groups excluding carboxylic acids is 5. The third kappa shape index (κ3) is 11.8. The molecule has 0 saturated carbocycles. The molecule has 0 aliphatic carbocycles. The molecule has 5 rings (SSSR count). The topological polar surface area (TPSA) is 151 Å². The molecule has 3 aromatic rings. The van der Waals surface area contributed by atoms with Crippen molar-refractivity contribution in [1.29, 1.82) is 0 Å². The van der Waals surface area contributed by atoms with Crippen molar-refractivity contribution in [3.8, 4) is 0 Å². The molecule has 2 fully saturated rings. The van der Waals surface area contributed by atoms with E-state index in [1.807, 2.05) is 0 Å². The van der Waals surface area contributed by atoms with Gasteiger partial charge in [0.05, 0.1) is 49.9 Å². The lowest BCUT2D eigenvalue weighted by Gasteiger charge is -2.27. The third-order valence-corrected chi connectivity index (χ3v) is 8.67. The Balaban J connectivity index is 0.000000258. The fraction of sp³-hybridized carbons (Fsp3) is 0.447. The van der Waals surface area contributed by atoms with Crippen LogP contribution in [0.2, 0.25) is 0 Å². The first-order chi connectivity index (χ1) is 25.3. The van der Waals surface area contributed by atoms with E-state index >= 15 is 0 Å². The van der Waals surface area contributed by atoms with Crippen LogP contribution in [-0.4, -0.2) is 99.3 Å². The van der Waals surface area contributed by atoms with Gasteiger partial charge in [0.15, 0.2) is 5.16 Å². The minimum Gasteiger partial charge on any atom is -0.459 e. The van der Waals surface area contributed by atoms with Crippen molar-refractivity contribution in [2.75, 3.05) is 32.4 Å². The first-order valence-corrected chi connectivity index (χ1v) is 18.5. The molecule has 54 heavy (non-hydrogen) atoms. The Hall–Kier alpha value is -4.96. The number of nitrogens with zero attached hydrogens (tertiary/aromatic N) is 5. The van der Waals surface area contributed by atoms with E-state index in [9.17, 15) is 32.8 Å². The van der Waals surface area contributed by atoms with Gasteiger partial charge in [0.2, 0.25) is 11.8 Å². The van der Waals surface area contributed by atoms with E-state index < -0.39 is 34.6 Å². The van der Waals surface area contributed by atoms with Gasteiger partial charge < -0.3 is 9.47 Å². The number of aromatic nitrogens is 2. The Bertz CT molecular complexity index is 1820. The summed E-state index contributed by atoms with van der Waals surface area (Å²) in [7, 11) is 0. The molecule has 1 aromatic heterocycles. The van der Waals surface area contributed by atoms with Gasteiger partial charge >= 0.3 is 11.9 Å². The third-order valence-electron chi connectivity index (χ3n) is 8.11. The largest absolute Gasteiger partial charge is 0.459 e. The lowest BCUT2D eigenvalue weighted by molar-refractivity contribution is -0.158. The minimum atomic E-state index is -0.722. The molecule has 3 heterocycles. The highest BCUT2D eigenvalue weighted by Crippen LogP contribution is 2.23. The number of ether oxygens (including phenoxy) is 2. The number of halogens is 2. The lowest BCUT2D eigenvalue weighted by Crippen LogP contribution is -2.45. The molecule has 290 valence electrons. The maximum absolute atomic E-state index is 13.2. The van der Waals surface area contributed by atoms with E-state index in [-0.39, 0.29) is 61.3 Å². The number of hydrazine groups is 2. The van der Waals surface area contributed by atoms with E-state index in [0.29, 0.717) is 23.8 Å². The molecule has 2 saturated heterocycles. The summed E-state index contributed by atoms with van der Waals surface area (Å²) in [6, 6.07) is 12.9. The first kappa shape index (κ1) is 41.8. The van der Waals surface area contributed by atoms with Crippen molar-refractivity contribution < 1.29 is 42.2 Å². The van der Waals surface area contributed by atoms with Crippen LogP contribution in [0.4, 0.5) is 8.78 Å². The minimum absolute atomic E-state index is 0.0222. The molecule has 1 N–H and O–H groups in total. The zero-order valence-electron chi connectivity index (χ0n) is 31.4. The summed E-state index contributed by atoms with van der Waals surface area (Å²) >= 11 is 1.29. The van der Waals surface area contributed by atoms with Crippen molar-refractivity contribution in [2.24, 2.45) is 10.8 Å². The fourth-order valence-corrected chi connectivity index (χ4v) is 5.40. The van der Waals surface area contributed by atoms with Crippen molar-refractivity contribution in [3.05, 3.63) is 89.2 Å². The molecule has 2 aliphatic rings. The monoisotopic (exact) mass is 768 g/mol. The smallest absolute Gasteiger partial charge is 0.311 e. The van der Waals surface area contributed by atoms with Gasteiger partial charge in [-0.1, -0.05) is 36.0 Å². The number of amides is 3. The molecular weight excluding hydrogens is 723 g/mol. The standard InChI is InChI=1S/C22H25FN4O4S.C16H21FN2O3/c1-22(2,3)20(30)31-16-12-26(18(28)11-14-5-7-15(23)8-6-14)27(13-16)19(29)17-9-10-24-21(25-17)32-4;1-16(2,3)15(21)22-13-9-18-19(10-13)14(20)8-11-4-6-12(17)7-5-11/h5-10,16H,11-13H2,1-4H3;4-7,13,18H,8-10H2,1-3H3. The van der Waals surface area contributed by atoms with Crippen molar-refractivity contribution in [3.63, 3.8) is 0 Å². The molecular formula is C38H46F2N6O7S. The molecule has 13 nitrogen and oxygen atoms in total. The number of hydrogen-bond donors (Lipinski definition) is 1. The van der Waals surface area contributed by atoms with Gasteiger partial charge in [-0.3, -0.25) is 29.0 Å². The summed E-state index contributed by atoms with van der Waals surface area (Å²) in [5.74, 6) is -2.45. The van der Waals surface area contributed by atoms with Crippen LogP contribution >= 0.6 is 11.8 Å². The van der Waals surface area contributed by atoms with Crippen LogP contribution in [0.15, 0.2) is 66.0 Å². The quantitative estimate of drug-likeness (QED) is 0.197. The van der Waals surface area contributed by atoms with Gasteiger partial charge in [-0.05, 0) is 89.3 Å². The van der Waals surface area contributed by atoms with Gasteiger partial charge in [-0.2, -0.15) is 0 Å². The van der Waals surface area contributed by atoms with Crippen molar-refractivity contribution in [1.82, 2.24) is 30.4 Å². The number of esters is 2. The van der Waals surface area contributed by atoms with E-state index in [0.717, 1.165) is 5.56 Å². The zero-order valence-corrected chi connectivity index (χ0v) is 32.2. The van der Waals surface area contributed by atoms with Crippen molar-refractivity contribution in [2.45, 2.75) is 71.7 Å². The lowest BCUT2D eigenvalue weighted by atomic mass is 9.97. The van der Waals surface area contributed by atoms with Gasteiger partial charge in [-0.25, -0.2) is 34.2 Å². The summed E-state index contributed by atoms with van der Waals surface area (Å²) in [5, 5.41) is 4.39. The Labute approximate surface area is 317 Å².